The van der Waals surface area contributed by atoms with Gasteiger partial charge in [-0.05, 0) is 24.6 Å². The zero-order valence-corrected chi connectivity index (χ0v) is 20.1. The van der Waals surface area contributed by atoms with Crippen molar-refractivity contribution in [2.24, 2.45) is 7.05 Å². The average molecular weight is 508 g/mol. The second-order valence-electron chi connectivity index (χ2n) is 7.90. The van der Waals surface area contributed by atoms with Gasteiger partial charge in [0.25, 0.3) is 5.56 Å². The first-order valence-electron chi connectivity index (χ1n) is 10.4. The van der Waals surface area contributed by atoms with Crippen LogP contribution in [0.25, 0.3) is 0 Å². The molecular weight excluding hydrogens is 482 g/mol. The van der Waals surface area contributed by atoms with Crippen LogP contribution < -0.4 is 5.56 Å². The second kappa shape index (κ2) is 9.44. The summed E-state index contributed by atoms with van der Waals surface area (Å²) >= 11 is 4.74. The van der Waals surface area contributed by atoms with E-state index in [4.69, 9.17) is 9.47 Å². The molecule has 0 radical (unpaired) electrons. The summed E-state index contributed by atoms with van der Waals surface area (Å²) in [5, 5.41) is 0.561. The number of carbonyl (C=O) groups excluding carboxylic acids is 1. The number of likely N-dealkylation sites (tertiary alicyclic amines) is 1. The maximum absolute atomic E-state index is 12.9. The summed E-state index contributed by atoms with van der Waals surface area (Å²) in [7, 11) is 1.71. The van der Waals surface area contributed by atoms with Gasteiger partial charge in [-0.2, -0.15) is 0 Å². The van der Waals surface area contributed by atoms with Gasteiger partial charge in [0.15, 0.2) is 10.9 Å². The Balaban J connectivity index is 1.39. The fraction of sp³-hybridized carbons (Fsp3) is 0.500. The highest BCUT2D eigenvalue weighted by Gasteiger charge is 2.40. The van der Waals surface area contributed by atoms with Gasteiger partial charge in [-0.15, -0.1) is 0 Å². The third-order valence-corrected chi connectivity index (χ3v) is 7.40. The first-order valence-corrected chi connectivity index (χ1v) is 12.1. The third-order valence-electron chi connectivity index (χ3n) is 5.86. The van der Waals surface area contributed by atoms with Gasteiger partial charge in [-0.25, -0.2) is 4.98 Å². The highest BCUT2D eigenvalue weighted by atomic mass is 79.9. The van der Waals surface area contributed by atoms with Gasteiger partial charge in [-0.3, -0.25) is 14.2 Å². The van der Waals surface area contributed by atoms with E-state index in [1.54, 1.807) is 11.6 Å². The number of aromatic nitrogens is 2. The highest BCUT2D eigenvalue weighted by Crippen LogP contribution is 2.31. The molecule has 0 aliphatic carbocycles. The van der Waals surface area contributed by atoms with Crippen LogP contribution in [-0.2, 0) is 27.7 Å². The number of rotatable bonds is 5. The number of piperidine rings is 1. The SMILES string of the molecule is Cc1nc(SCC(=O)N2CCC3(CC2)OCCO3)n(C)c(=O)c1Cc1ccc(Br)cc1. The highest BCUT2D eigenvalue weighted by molar-refractivity contribution is 9.10. The average Bonchev–Trinajstić information content (AvgIpc) is 3.22. The summed E-state index contributed by atoms with van der Waals surface area (Å²) in [5.41, 5.74) is 2.37. The van der Waals surface area contributed by atoms with Crippen molar-refractivity contribution in [3.05, 3.63) is 55.9 Å². The molecule has 0 saturated carbocycles. The molecule has 31 heavy (non-hydrogen) atoms. The van der Waals surface area contributed by atoms with E-state index in [9.17, 15) is 9.59 Å². The maximum atomic E-state index is 12.9. The van der Waals surface area contributed by atoms with Crippen LogP contribution in [0.3, 0.4) is 0 Å². The van der Waals surface area contributed by atoms with Gasteiger partial charge in [0.1, 0.15) is 0 Å². The minimum atomic E-state index is -0.489. The van der Waals surface area contributed by atoms with Crippen molar-refractivity contribution in [3.8, 4) is 0 Å². The molecule has 2 aliphatic heterocycles. The zero-order valence-electron chi connectivity index (χ0n) is 17.7. The lowest BCUT2D eigenvalue weighted by Gasteiger charge is -2.37. The lowest BCUT2D eigenvalue weighted by molar-refractivity contribution is -0.186. The van der Waals surface area contributed by atoms with Crippen LogP contribution in [0.2, 0.25) is 0 Å². The van der Waals surface area contributed by atoms with Crippen molar-refractivity contribution in [1.82, 2.24) is 14.5 Å². The van der Waals surface area contributed by atoms with E-state index < -0.39 is 5.79 Å². The molecule has 0 atom stereocenters. The Kier molecular flexibility index (Phi) is 6.86. The molecule has 2 saturated heterocycles. The molecular formula is C22H26BrN3O4S. The fourth-order valence-corrected chi connectivity index (χ4v) is 5.15. The van der Waals surface area contributed by atoms with Gasteiger partial charge in [0.2, 0.25) is 5.91 Å². The topological polar surface area (TPSA) is 73.7 Å². The van der Waals surface area contributed by atoms with Crippen molar-refractivity contribution in [1.29, 1.82) is 0 Å². The van der Waals surface area contributed by atoms with Gasteiger partial charge in [0, 0.05) is 55.1 Å². The third kappa shape index (κ3) is 5.05. The number of thioether (sulfide) groups is 1. The number of nitrogens with zero attached hydrogens (tertiary/aromatic N) is 3. The summed E-state index contributed by atoms with van der Waals surface area (Å²) in [6.07, 6.45) is 1.93. The van der Waals surface area contributed by atoms with Crippen LogP contribution in [0, 0.1) is 6.92 Å². The molecule has 1 aromatic heterocycles. The summed E-state index contributed by atoms with van der Waals surface area (Å²) in [4.78, 5) is 32.1. The van der Waals surface area contributed by atoms with Crippen LogP contribution in [-0.4, -0.2) is 58.2 Å². The van der Waals surface area contributed by atoms with Gasteiger partial charge < -0.3 is 14.4 Å². The lowest BCUT2D eigenvalue weighted by Crippen LogP contribution is -2.47. The summed E-state index contributed by atoms with van der Waals surface area (Å²) < 4.78 is 14.0. The Morgan fingerprint density at radius 3 is 2.48 bits per heavy atom. The van der Waals surface area contributed by atoms with Gasteiger partial charge in [0.05, 0.1) is 19.0 Å². The van der Waals surface area contributed by atoms with Crippen molar-refractivity contribution in [3.63, 3.8) is 0 Å². The standard InChI is InChI=1S/C22H26BrN3O4S/c1-15-18(13-16-3-5-17(23)6-4-16)20(28)25(2)21(24-15)31-14-19(27)26-9-7-22(8-10-26)29-11-12-30-22/h3-6H,7-14H2,1-2H3. The monoisotopic (exact) mass is 507 g/mol. The predicted octanol–water partition coefficient (Wildman–Crippen LogP) is 2.90. The molecule has 2 aliphatic rings. The molecule has 1 amide bonds. The summed E-state index contributed by atoms with van der Waals surface area (Å²) in [5.74, 6) is -0.193. The Labute approximate surface area is 194 Å². The molecule has 2 aromatic rings. The summed E-state index contributed by atoms with van der Waals surface area (Å²) in [6.45, 7) is 4.35. The van der Waals surface area contributed by atoms with Crippen LogP contribution in [0.1, 0.15) is 29.7 Å². The van der Waals surface area contributed by atoms with Crippen molar-refractivity contribution < 1.29 is 14.3 Å². The van der Waals surface area contributed by atoms with Crippen molar-refractivity contribution in [2.75, 3.05) is 32.1 Å². The minimum absolute atomic E-state index is 0.0451. The number of benzene rings is 1. The van der Waals surface area contributed by atoms with E-state index in [0.717, 1.165) is 10.0 Å². The van der Waals surface area contributed by atoms with Crippen LogP contribution in [0.5, 0.6) is 0 Å². The zero-order chi connectivity index (χ0) is 22.0. The fourth-order valence-electron chi connectivity index (χ4n) is 3.97. The molecule has 0 unspecified atom stereocenters. The molecule has 3 heterocycles. The van der Waals surface area contributed by atoms with E-state index in [1.807, 2.05) is 36.1 Å². The van der Waals surface area contributed by atoms with E-state index in [0.29, 0.717) is 62.0 Å². The van der Waals surface area contributed by atoms with E-state index in [-0.39, 0.29) is 17.2 Å². The molecule has 166 valence electrons. The van der Waals surface area contributed by atoms with E-state index >= 15 is 0 Å². The van der Waals surface area contributed by atoms with Crippen LogP contribution in [0.4, 0.5) is 0 Å². The Morgan fingerprint density at radius 1 is 1.19 bits per heavy atom. The normalized spacial score (nSPS) is 18.0. The van der Waals surface area contributed by atoms with E-state index in [2.05, 4.69) is 20.9 Å². The minimum Gasteiger partial charge on any atom is -0.347 e. The molecule has 0 N–H and O–H groups in total. The molecule has 7 nitrogen and oxygen atoms in total. The largest absolute Gasteiger partial charge is 0.347 e. The van der Waals surface area contributed by atoms with Crippen LogP contribution >= 0.6 is 27.7 Å². The van der Waals surface area contributed by atoms with Gasteiger partial charge in [-0.1, -0.05) is 39.8 Å². The van der Waals surface area contributed by atoms with Crippen molar-refractivity contribution in [2.45, 2.75) is 37.1 Å². The summed E-state index contributed by atoms with van der Waals surface area (Å²) in [6, 6.07) is 7.92. The number of halogens is 1. The molecule has 1 spiro atoms. The quantitative estimate of drug-likeness (QED) is 0.457. The predicted molar refractivity (Wildman–Crippen MR) is 122 cm³/mol. The van der Waals surface area contributed by atoms with Crippen molar-refractivity contribution >= 4 is 33.6 Å². The van der Waals surface area contributed by atoms with Crippen LogP contribution in [0.15, 0.2) is 38.7 Å². The Morgan fingerprint density at radius 2 is 1.84 bits per heavy atom. The number of hydrogen-bond acceptors (Lipinski definition) is 6. The maximum Gasteiger partial charge on any atom is 0.257 e. The number of hydrogen-bond donors (Lipinski definition) is 0. The van der Waals surface area contributed by atoms with E-state index in [1.165, 1.54) is 11.8 Å². The molecule has 9 heteroatoms. The first-order chi connectivity index (χ1) is 14.9. The van der Waals surface area contributed by atoms with Gasteiger partial charge >= 0.3 is 0 Å². The smallest absolute Gasteiger partial charge is 0.257 e. The number of amides is 1. The Hall–Kier alpha value is -1.68. The molecule has 0 bridgehead atoms. The molecule has 4 rings (SSSR count). The molecule has 2 fully saturated rings. The number of ether oxygens (including phenoxy) is 2. The second-order valence-corrected chi connectivity index (χ2v) is 9.76. The lowest BCUT2D eigenvalue weighted by atomic mass is 10.0. The number of carbonyl (C=O) groups is 1. The number of aryl methyl sites for hydroxylation is 1. The first kappa shape index (κ1) is 22.5. The Bertz CT molecular complexity index is 1010. The molecule has 1 aromatic carbocycles.